The Morgan fingerprint density at radius 3 is 2.88 bits per heavy atom. The van der Waals surface area contributed by atoms with Crippen molar-refractivity contribution in [2.75, 3.05) is 20.1 Å². The predicted octanol–water partition coefficient (Wildman–Crippen LogP) is 1.88. The van der Waals surface area contributed by atoms with Crippen LogP contribution >= 0.6 is 0 Å². The molecule has 2 aliphatic rings. The fourth-order valence-electron chi connectivity index (χ4n) is 3.70. The van der Waals surface area contributed by atoms with Crippen LogP contribution in [0.1, 0.15) is 30.3 Å². The molecule has 1 saturated heterocycles. The third-order valence-electron chi connectivity index (χ3n) is 4.68. The minimum absolute atomic E-state index is 0.870. The van der Waals surface area contributed by atoms with Crippen LogP contribution in [0, 0.1) is 18.8 Å². The SMILES string of the molecule is CCn1nc(C)c2c1C[C@H]1CCN(C)C[C@@H]1C2. The topological polar surface area (TPSA) is 21.1 Å². The van der Waals surface area contributed by atoms with Crippen molar-refractivity contribution in [1.82, 2.24) is 14.7 Å². The number of hydrogen-bond donors (Lipinski definition) is 0. The molecule has 0 spiro atoms. The van der Waals surface area contributed by atoms with E-state index in [-0.39, 0.29) is 0 Å². The highest BCUT2D eigenvalue weighted by Crippen LogP contribution is 2.36. The van der Waals surface area contributed by atoms with Crippen LogP contribution in [0.4, 0.5) is 0 Å². The van der Waals surface area contributed by atoms with Gasteiger partial charge in [0.1, 0.15) is 0 Å². The molecule has 0 amide bonds. The Hall–Kier alpha value is -0.830. The summed E-state index contributed by atoms with van der Waals surface area (Å²) in [5, 5.41) is 4.69. The van der Waals surface area contributed by atoms with Gasteiger partial charge in [-0.1, -0.05) is 0 Å². The lowest BCUT2D eigenvalue weighted by molar-refractivity contribution is 0.132. The molecule has 2 atom stereocenters. The Morgan fingerprint density at radius 1 is 1.29 bits per heavy atom. The van der Waals surface area contributed by atoms with Gasteiger partial charge in [0.25, 0.3) is 0 Å². The fourth-order valence-corrected chi connectivity index (χ4v) is 3.70. The lowest BCUT2D eigenvalue weighted by Crippen LogP contribution is -2.42. The van der Waals surface area contributed by atoms with Gasteiger partial charge >= 0.3 is 0 Å². The van der Waals surface area contributed by atoms with Crippen LogP contribution in [0.5, 0.6) is 0 Å². The lowest BCUT2D eigenvalue weighted by Gasteiger charge is -2.40. The van der Waals surface area contributed by atoms with Gasteiger partial charge in [-0.3, -0.25) is 4.68 Å². The number of likely N-dealkylation sites (tertiary alicyclic amines) is 1. The first-order valence-electron chi connectivity index (χ1n) is 6.92. The summed E-state index contributed by atoms with van der Waals surface area (Å²) in [4.78, 5) is 2.49. The summed E-state index contributed by atoms with van der Waals surface area (Å²) in [7, 11) is 2.26. The maximum Gasteiger partial charge on any atom is 0.0628 e. The van der Waals surface area contributed by atoms with Gasteiger partial charge < -0.3 is 4.90 Å². The van der Waals surface area contributed by atoms with Crippen LogP contribution in [0.15, 0.2) is 0 Å². The van der Waals surface area contributed by atoms with Gasteiger partial charge in [-0.05, 0) is 64.1 Å². The number of aryl methyl sites for hydroxylation is 2. The third kappa shape index (κ3) is 1.81. The largest absolute Gasteiger partial charge is 0.306 e. The monoisotopic (exact) mass is 233 g/mol. The van der Waals surface area contributed by atoms with Crippen molar-refractivity contribution in [3.05, 3.63) is 17.0 Å². The molecule has 94 valence electrons. The molecule has 1 aliphatic heterocycles. The summed E-state index contributed by atoms with van der Waals surface area (Å²) in [6.07, 6.45) is 3.90. The molecule has 3 rings (SSSR count). The molecular formula is C14H23N3. The number of piperidine rings is 1. The van der Waals surface area contributed by atoms with Crippen LogP contribution in [-0.4, -0.2) is 34.8 Å². The molecule has 2 heterocycles. The Kier molecular flexibility index (Phi) is 2.74. The maximum absolute atomic E-state index is 4.69. The highest BCUT2D eigenvalue weighted by atomic mass is 15.3. The normalized spacial score (nSPS) is 28.9. The second-order valence-electron chi connectivity index (χ2n) is 5.81. The van der Waals surface area contributed by atoms with Gasteiger partial charge in [0.15, 0.2) is 0 Å². The third-order valence-corrected chi connectivity index (χ3v) is 4.68. The molecule has 0 unspecified atom stereocenters. The smallest absolute Gasteiger partial charge is 0.0628 e. The quantitative estimate of drug-likeness (QED) is 0.738. The fraction of sp³-hybridized carbons (Fsp3) is 0.786. The van der Waals surface area contributed by atoms with Gasteiger partial charge in [-0.25, -0.2) is 0 Å². The van der Waals surface area contributed by atoms with E-state index in [1.807, 2.05) is 0 Å². The van der Waals surface area contributed by atoms with Gasteiger partial charge in [0, 0.05) is 18.8 Å². The Bertz CT molecular complexity index is 421. The van der Waals surface area contributed by atoms with Crippen molar-refractivity contribution in [2.24, 2.45) is 11.8 Å². The first-order chi connectivity index (χ1) is 8.19. The van der Waals surface area contributed by atoms with Crippen LogP contribution < -0.4 is 0 Å². The molecular weight excluding hydrogens is 210 g/mol. The number of rotatable bonds is 1. The van der Waals surface area contributed by atoms with E-state index in [2.05, 4.69) is 30.5 Å². The molecule has 17 heavy (non-hydrogen) atoms. The summed E-state index contributed by atoms with van der Waals surface area (Å²) in [6, 6.07) is 0. The molecule has 0 saturated carbocycles. The highest BCUT2D eigenvalue weighted by Gasteiger charge is 2.35. The van der Waals surface area contributed by atoms with Crippen LogP contribution in [0.25, 0.3) is 0 Å². The second kappa shape index (κ2) is 4.13. The molecule has 1 fully saturated rings. The van der Waals surface area contributed by atoms with Gasteiger partial charge in [0.05, 0.1) is 5.69 Å². The van der Waals surface area contributed by atoms with Gasteiger partial charge in [0.2, 0.25) is 0 Å². The second-order valence-corrected chi connectivity index (χ2v) is 5.81. The van der Waals surface area contributed by atoms with E-state index in [0.29, 0.717) is 0 Å². The van der Waals surface area contributed by atoms with E-state index in [4.69, 9.17) is 5.10 Å². The van der Waals surface area contributed by atoms with E-state index in [1.54, 1.807) is 5.56 Å². The predicted molar refractivity (Wildman–Crippen MR) is 69.1 cm³/mol. The van der Waals surface area contributed by atoms with Gasteiger partial charge in [-0.2, -0.15) is 5.10 Å². The minimum atomic E-state index is 0.870. The zero-order valence-corrected chi connectivity index (χ0v) is 11.2. The summed E-state index contributed by atoms with van der Waals surface area (Å²) >= 11 is 0. The van der Waals surface area contributed by atoms with Crippen LogP contribution in [0.2, 0.25) is 0 Å². The average molecular weight is 233 g/mol. The Labute approximate surface area is 104 Å². The van der Waals surface area contributed by atoms with E-state index in [1.165, 1.54) is 43.7 Å². The van der Waals surface area contributed by atoms with Crippen molar-refractivity contribution in [1.29, 1.82) is 0 Å². The number of hydrogen-bond acceptors (Lipinski definition) is 2. The molecule has 3 heteroatoms. The van der Waals surface area contributed by atoms with Gasteiger partial charge in [-0.15, -0.1) is 0 Å². The lowest BCUT2D eigenvalue weighted by atomic mass is 9.74. The molecule has 0 radical (unpaired) electrons. The summed E-state index contributed by atoms with van der Waals surface area (Å²) in [5.41, 5.74) is 4.37. The number of aromatic nitrogens is 2. The van der Waals surface area contributed by atoms with Crippen molar-refractivity contribution in [2.45, 2.75) is 39.7 Å². The summed E-state index contributed by atoms with van der Waals surface area (Å²) in [5.74, 6) is 1.77. The highest BCUT2D eigenvalue weighted by molar-refractivity contribution is 5.29. The van der Waals surface area contributed by atoms with Crippen LogP contribution in [0.3, 0.4) is 0 Å². The van der Waals surface area contributed by atoms with E-state index in [0.717, 1.165) is 18.4 Å². The first kappa shape index (κ1) is 11.3. The maximum atomic E-state index is 4.69. The molecule has 1 aromatic rings. The van der Waals surface area contributed by atoms with E-state index in [9.17, 15) is 0 Å². The summed E-state index contributed by atoms with van der Waals surface area (Å²) < 4.78 is 2.24. The number of fused-ring (bicyclic) bond motifs is 2. The van der Waals surface area contributed by atoms with E-state index >= 15 is 0 Å². The first-order valence-corrected chi connectivity index (χ1v) is 6.92. The minimum Gasteiger partial charge on any atom is -0.306 e. The molecule has 1 aliphatic carbocycles. The molecule has 0 bridgehead atoms. The zero-order valence-electron chi connectivity index (χ0n) is 11.2. The molecule has 0 aromatic carbocycles. The average Bonchev–Trinajstić information content (AvgIpc) is 2.63. The van der Waals surface area contributed by atoms with Crippen molar-refractivity contribution in [3.63, 3.8) is 0 Å². The van der Waals surface area contributed by atoms with Crippen molar-refractivity contribution < 1.29 is 0 Å². The van der Waals surface area contributed by atoms with Crippen molar-refractivity contribution >= 4 is 0 Å². The molecule has 0 N–H and O–H groups in total. The Balaban J connectivity index is 1.92. The summed E-state index contributed by atoms with van der Waals surface area (Å²) in [6.45, 7) is 7.95. The van der Waals surface area contributed by atoms with Crippen molar-refractivity contribution in [3.8, 4) is 0 Å². The van der Waals surface area contributed by atoms with E-state index < -0.39 is 0 Å². The zero-order chi connectivity index (χ0) is 12.0. The van der Waals surface area contributed by atoms with Crippen LogP contribution in [-0.2, 0) is 19.4 Å². The number of nitrogens with zero attached hydrogens (tertiary/aromatic N) is 3. The standard InChI is InChI=1S/C14H23N3/c1-4-17-14-8-11-5-6-16(3)9-12(11)7-13(14)10(2)15-17/h11-12H,4-9H2,1-3H3/t11-,12+/m1/s1. The molecule has 1 aromatic heterocycles. The Morgan fingerprint density at radius 2 is 2.12 bits per heavy atom. The molecule has 3 nitrogen and oxygen atoms in total.